The van der Waals surface area contributed by atoms with E-state index in [0.717, 1.165) is 21.9 Å². The minimum absolute atomic E-state index is 0.294. The summed E-state index contributed by atoms with van der Waals surface area (Å²) in [5.74, 6) is 0.936. The van der Waals surface area contributed by atoms with Crippen molar-refractivity contribution in [2.24, 2.45) is 5.92 Å². The largest absolute Gasteiger partial charge is 0.449 e. The third-order valence-electron chi connectivity index (χ3n) is 4.00. The van der Waals surface area contributed by atoms with Gasteiger partial charge in [-0.05, 0) is 38.8 Å². The fourth-order valence-electron chi connectivity index (χ4n) is 2.35. The van der Waals surface area contributed by atoms with Crippen LogP contribution in [-0.2, 0) is 15.3 Å². The van der Waals surface area contributed by atoms with E-state index >= 15 is 0 Å². The van der Waals surface area contributed by atoms with Crippen molar-refractivity contribution < 1.29 is 18.8 Å². The van der Waals surface area contributed by atoms with Crippen LogP contribution in [0.25, 0.3) is 0 Å². The summed E-state index contributed by atoms with van der Waals surface area (Å²) in [5, 5.41) is 6.72. The minimum Gasteiger partial charge on any atom is -0.449 e. The van der Waals surface area contributed by atoms with Crippen LogP contribution in [0.1, 0.15) is 48.1 Å². The number of aryl methyl sites for hydroxylation is 2. The summed E-state index contributed by atoms with van der Waals surface area (Å²) in [6.07, 6.45) is -0.850. The third-order valence-corrected chi connectivity index (χ3v) is 5.10. The van der Waals surface area contributed by atoms with Gasteiger partial charge in [-0.3, -0.25) is 4.79 Å². The van der Waals surface area contributed by atoms with Crippen LogP contribution in [0.3, 0.4) is 0 Å². The summed E-state index contributed by atoms with van der Waals surface area (Å²) >= 11 is 1.51. The van der Waals surface area contributed by atoms with E-state index in [1.807, 2.05) is 39.8 Å². The maximum atomic E-state index is 12.6. The van der Waals surface area contributed by atoms with Crippen LogP contribution in [-0.4, -0.2) is 29.7 Å². The molecule has 146 valence electrons. The number of ether oxygens (including phenoxy) is 1. The molecule has 0 saturated heterocycles. The molecule has 0 aliphatic rings. The molecule has 0 radical (unpaired) electrons. The molecule has 1 atom stereocenters. The quantitative estimate of drug-likeness (QED) is 0.544. The molecule has 1 heterocycles. The number of carbonyl (C=O) groups is 2. The Morgan fingerprint density at radius 3 is 2.56 bits per heavy atom. The minimum atomic E-state index is -0.850. The van der Waals surface area contributed by atoms with Crippen LogP contribution in [0.15, 0.2) is 33.7 Å². The van der Waals surface area contributed by atoms with Gasteiger partial charge in [-0.25, -0.2) is 4.79 Å². The fraction of sp³-hybridized carbons (Fsp3) is 0.450. The number of amides is 1. The van der Waals surface area contributed by atoms with Crippen molar-refractivity contribution in [3.8, 4) is 0 Å². The number of carbonyl (C=O) groups excluding carboxylic acids is 2. The normalized spacial score (nSPS) is 12.1. The van der Waals surface area contributed by atoms with Crippen LogP contribution in [0.5, 0.6) is 0 Å². The number of esters is 1. The Bertz CT molecular complexity index is 782. The summed E-state index contributed by atoms with van der Waals surface area (Å²) < 4.78 is 10.5. The lowest BCUT2D eigenvalue weighted by Gasteiger charge is -2.15. The molecule has 2 rings (SSSR count). The molecule has 0 aliphatic heterocycles. The number of thioether (sulfide) groups is 1. The molecular formula is C20H26N2O4S. The molecule has 27 heavy (non-hydrogen) atoms. The zero-order valence-electron chi connectivity index (χ0n) is 16.4. The van der Waals surface area contributed by atoms with Crippen LogP contribution >= 0.6 is 11.8 Å². The van der Waals surface area contributed by atoms with E-state index in [4.69, 9.17) is 9.26 Å². The molecule has 1 amide bonds. The van der Waals surface area contributed by atoms with Gasteiger partial charge in [-0.15, -0.1) is 11.8 Å². The van der Waals surface area contributed by atoms with E-state index in [-0.39, 0.29) is 5.91 Å². The standard InChI is InChI=1S/C20H26N2O4S/c1-12(2)10-21-19(23)15(5)25-20(24)16-8-6-7-9-18(16)27-11-17-13(3)22-26-14(17)4/h6-9,12,15H,10-11H2,1-5H3,(H,21,23)/t15-/m0/s1. The van der Waals surface area contributed by atoms with Crippen molar-refractivity contribution in [3.63, 3.8) is 0 Å². The number of rotatable bonds is 8. The smallest absolute Gasteiger partial charge is 0.340 e. The fourth-order valence-corrected chi connectivity index (χ4v) is 3.54. The molecule has 0 bridgehead atoms. The van der Waals surface area contributed by atoms with E-state index in [2.05, 4.69) is 10.5 Å². The lowest BCUT2D eigenvalue weighted by atomic mass is 10.2. The van der Waals surface area contributed by atoms with Gasteiger partial charge in [0.1, 0.15) is 5.76 Å². The lowest BCUT2D eigenvalue weighted by Crippen LogP contribution is -2.37. The summed E-state index contributed by atoms with van der Waals surface area (Å²) in [6, 6.07) is 7.21. The van der Waals surface area contributed by atoms with Gasteiger partial charge in [-0.2, -0.15) is 0 Å². The van der Waals surface area contributed by atoms with Crippen LogP contribution in [0.4, 0.5) is 0 Å². The van der Waals surface area contributed by atoms with Crippen LogP contribution < -0.4 is 5.32 Å². The Labute approximate surface area is 164 Å². The Kier molecular flexibility index (Phi) is 7.47. The predicted octanol–water partition coefficient (Wildman–Crippen LogP) is 3.90. The molecular weight excluding hydrogens is 364 g/mol. The van der Waals surface area contributed by atoms with Gasteiger partial charge in [0.2, 0.25) is 0 Å². The van der Waals surface area contributed by atoms with Gasteiger partial charge in [0.05, 0.1) is 11.3 Å². The monoisotopic (exact) mass is 390 g/mol. The van der Waals surface area contributed by atoms with E-state index in [1.54, 1.807) is 19.1 Å². The van der Waals surface area contributed by atoms with Crippen molar-refractivity contribution in [2.45, 2.75) is 51.4 Å². The van der Waals surface area contributed by atoms with Gasteiger partial charge in [-0.1, -0.05) is 31.1 Å². The number of aromatic nitrogens is 1. The summed E-state index contributed by atoms with van der Waals surface area (Å²) in [6.45, 7) is 9.89. The Balaban J connectivity index is 2.03. The van der Waals surface area contributed by atoms with Gasteiger partial charge in [0, 0.05) is 22.8 Å². The van der Waals surface area contributed by atoms with E-state index < -0.39 is 12.1 Å². The number of nitrogens with one attached hydrogen (secondary N) is 1. The number of nitrogens with zero attached hydrogens (tertiary/aromatic N) is 1. The number of hydrogen-bond donors (Lipinski definition) is 1. The zero-order chi connectivity index (χ0) is 20.0. The molecule has 6 nitrogen and oxygen atoms in total. The van der Waals surface area contributed by atoms with Gasteiger partial charge >= 0.3 is 5.97 Å². The second-order valence-corrected chi connectivity index (χ2v) is 7.79. The first kappa shape index (κ1) is 21.0. The lowest BCUT2D eigenvalue weighted by molar-refractivity contribution is -0.129. The summed E-state index contributed by atoms with van der Waals surface area (Å²) in [5.41, 5.74) is 2.30. The first-order valence-electron chi connectivity index (χ1n) is 8.91. The highest BCUT2D eigenvalue weighted by Gasteiger charge is 2.21. The summed E-state index contributed by atoms with van der Waals surface area (Å²) in [7, 11) is 0. The second-order valence-electron chi connectivity index (χ2n) is 6.77. The van der Waals surface area contributed by atoms with E-state index in [9.17, 15) is 9.59 Å². The predicted molar refractivity (Wildman–Crippen MR) is 105 cm³/mol. The van der Waals surface area contributed by atoms with Crippen molar-refractivity contribution in [3.05, 3.63) is 46.8 Å². The third kappa shape index (κ3) is 5.85. The zero-order valence-corrected chi connectivity index (χ0v) is 17.2. The Morgan fingerprint density at radius 1 is 1.22 bits per heavy atom. The first-order chi connectivity index (χ1) is 12.8. The molecule has 0 spiro atoms. The van der Waals surface area contributed by atoms with E-state index in [0.29, 0.717) is 23.8 Å². The molecule has 0 saturated carbocycles. The van der Waals surface area contributed by atoms with Crippen molar-refractivity contribution in [1.29, 1.82) is 0 Å². The van der Waals surface area contributed by atoms with Crippen molar-refractivity contribution >= 4 is 23.6 Å². The van der Waals surface area contributed by atoms with Crippen molar-refractivity contribution in [2.75, 3.05) is 6.54 Å². The van der Waals surface area contributed by atoms with Crippen LogP contribution in [0, 0.1) is 19.8 Å². The average Bonchev–Trinajstić information content (AvgIpc) is 2.95. The molecule has 0 fully saturated rings. The van der Waals surface area contributed by atoms with Crippen LogP contribution in [0.2, 0.25) is 0 Å². The molecule has 7 heteroatoms. The highest BCUT2D eigenvalue weighted by molar-refractivity contribution is 7.98. The SMILES string of the molecule is Cc1noc(C)c1CSc1ccccc1C(=O)O[C@@H](C)C(=O)NCC(C)C. The van der Waals surface area contributed by atoms with E-state index in [1.165, 1.54) is 11.8 Å². The Morgan fingerprint density at radius 2 is 1.93 bits per heavy atom. The Hall–Kier alpha value is -2.28. The maximum absolute atomic E-state index is 12.6. The molecule has 1 aromatic carbocycles. The molecule has 1 aromatic heterocycles. The highest BCUT2D eigenvalue weighted by Crippen LogP contribution is 2.29. The molecule has 2 aromatic rings. The summed E-state index contributed by atoms with van der Waals surface area (Å²) in [4.78, 5) is 25.4. The van der Waals surface area contributed by atoms with Gasteiger partial charge < -0.3 is 14.6 Å². The number of hydrogen-bond acceptors (Lipinski definition) is 6. The topological polar surface area (TPSA) is 81.4 Å². The molecule has 0 aliphatic carbocycles. The van der Waals surface area contributed by atoms with Crippen molar-refractivity contribution in [1.82, 2.24) is 10.5 Å². The van der Waals surface area contributed by atoms with Gasteiger partial charge in [0.15, 0.2) is 6.10 Å². The second kappa shape index (κ2) is 9.60. The van der Waals surface area contributed by atoms with Gasteiger partial charge in [0.25, 0.3) is 5.91 Å². The molecule has 0 unspecified atom stereocenters. The first-order valence-corrected chi connectivity index (χ1v) is 9.90. The maximum Gasteiger partial charge on any atom is 0.340 e. The molecule has 1 N–H and O–H groups in total. The number of benzene rings is 1. The average molecular weight is 391 g/mol. The highest BCUT2D eigenvalue weighted by atomic mass is 32.2.